The van der Waals surface area contributed by atoms with Gasteiger partial charge in [-0.25, -0.2) is 0 Å². The third-order valence-electron chi connectivity index (χ3n) is 4.19. The van der Waals surface area contributed by atoms with Gasteiger partial charge in [0.15, 0.2) is 0 Å². The van der Waals surface area contributed by atoms with Crippen LogP contribution < -0.4 is 5.73 Å². The summed E-state index contributed by atoms with van der Waals surface area (Å²) in [6, 6.07) is 0.446. The van der Waals surface area contributed by atoms with Crippen LogP contribution in [0, 0.1) is 11.3 Å². The molecule has 2 N–H and O–H groups in total. The molecule has 1 unspecified atom stereocenters. The molecule has 0 aromatic carbocycles. The van der Waals surface area contributed by atoms with Crippen molar-refractivity contribution in [2.45, 2.75) is 78.7 Å². The molecule has 1 amide bonds. The second kappa shape index (κ2) is 8.02. The second-order valence-electron chi connectivity index (χ2n) is 7.74. The van der Waals surface area contributed by atoms with Gasteiger partial charge in [0.05, 0.1) is 0 Å². The molecule has 0 spiro atoms. The van der Waals surface area contributed by atoms with Crippen molar-refractivity contribution in [1.29, 1.82) is 0 Å². The molecule has 0 bridgehead atoms. The number of carbonyl (C=O) groups is 1. The van der Waals surface area contributed by atoms with Crippen LogP contribution in [0.3, 0.4) is 0 Å². The van der Waals surface area contributed by atoms with Gasteiger partial charge in [0.25, 0.3) is 0 Å². The average Bonchev–Trinajstić information content (AvgIpc) is 2.34. The van der Waals surface area contributed by atoms with Crippen LogP contribution in [0.4, 0.5) is 0 Å². The average molecular weight is 282 g/mol. The lowest BCUT2D eigenvalue weighted by Crippen LogP contribution is -2.44. The van der Waals surface area contributed by atoms with Crippen LogP contribution in [0.5, 0.6) is 0 Å². The Morgan fingerprint density at radius 3 is 2.35 bits per heavy atom. The minimum Gasteiger partial charge on any atom is -0.338 e. The highest BCUT2D eigenvalue weighted by Crippen LogP contribution is 2.28. The number of rotatable bonds is 6. The van der Waals surface area contributed by atoms with E-state index in [1.54, 1.807) is 0 Å². The van der Waals surface area contributed by atoms with Gasteiger partial charge in [-0.15, -0.1) is 0 Å². The molecule has 1 aliphatic rings. The van der Waals surface area contributed by atoms with Crippen LogP contribution in [0.2, 0.25) is 0 Å². The highest BCUT2D eigenvalue weighted by atomic mass is 16.2. The Hall–Kier alpha value is -0.570. The predicted octanol–water partition coefficient (Wildman–Crippen LogP) is 3.57. The van der Waals surface area contributed by atoms with Gasteiger partial charge in [-0.2, -0.15) is 0 Å². The topological polar surface area (TPSA) is 46.3 Å². The van der Waals surface area contributed by atoms with Crippen molar-refractivity contribution in [2.24, 2.45) is 17.1 Å². The van der Waals surface area contributed by atoms with E-state index in [2.05, 4.69) is 32.6 Å². The lowest BCUT2D eigenvalue weighted by atomic mass is 9.84. The molecular weight excluding hydrogens is 248 g/mol. The Morgan fingerprint density at radius 1 is 1.25 bits per heavy atom. The number of carbonyl (C=O) groups excluding carboxylic acids is 1. The highest BCUT2D eigenvalue weighted by Gasteiger charge is 2.26. The molecule has 20 heavy (non-hydrogen) atoms. The number of hydrogen-bond donors (Lipinski definition) is 1. The Bertz CT molecular complexity index is 290. The summed E-state index contributed by atoms with van der Waals surface area (Å²) < 4.78 is 0. The van der Waals surface area contributed by atoms with E-state index in [0.717, 1.165) is 13.0 Å². The molecule has 3 nitrogen and oxygen atoms in total. The summed E-state index contributed by atoms with van der Waals surface area (Å²) in [5.74, 6) is 0.769. The van der Waals surface area contributed by atoms with Gasteiger partial charge in [-0.05, 0) is 30.6 Å². The number of nitrogens with zero attached hydrogens (tertiary/aromatic N) is 1. The van der Waals surface area contributed by atoms with E-state index < -0.39 is 0 Å². The lowest BCUT2D eigenvalue weighted by molar-refractivity contribution is -0.135. The Morgan fingerprint density at radius 2 is 1.85 bits per heavy atom. The van der Waals surface area contributed by atoms with Crippen molar-refractivity contribution in [1.82, 2.24) is 4.90 Å². The van der Waals surface area contributed by atoms with Crippen LogP contribution in [0.15, 0.2) is 0 Å². The third-order valence-corrected chi connectivity index (χ3v) is 4.19. The molecule has 0 radical (unpaired) electrons. The quantitative estimate of drug-likeness (QED) is 0.809. The molecule has 3 heteroatoms. The zero-order valence-corrected chi connectivity index (χ0v) is 14.0. The van der Waals surface area contributed by atoms with Gasteiger partial charge in [-0.1, -0.05) is 47.0 Å². The fourth-order valence-corrected chi connectivity index (χ4v) is 3.58. The van der Waals surface area contributed by atoms with E-state index in [4.69, 9.17) is 5.73 Å². The molecule has 0 aromatic heterocycles. The predicted molar refractivity (Wildman–Crippen MR) is 85.5 cm³/mol. The molecule has 1 fully saturated rings. The summed E-state index contributed by atoms with van der Waals surface area (Å²) in [6.45, 7) is 10.2. The van der Waals surface area contributed by atoms with Crippen LogP contribution in [-0.2, 0) is 4.79 Å². The number of nitrogens with two attached hydrogens (primary N) is 1. The van der Waals surface area contributed by atoms with Crippen LogP contribution >= 0.6 is 0 Å². The van der Waals surface area contributed by atoms with Crippen molar-refractivity contribution < 1.29 is 4.79 Å². The summed E-state index contributed by atoms with van der Waals surface area (Å²) in [5, 5.41) is 0. The molecule has 118 valence electrons. The molecule has 1 rings (SSSR count). The first-order valence-electron chi connectivity index (χ1n) is 8.33. The van der Waals surface area contributed by atoms with Gasteiger partial charge in [0, 0.05) is 25.6 Å². The second-order valence-corrected chi connectivity index (χ2v) is 7.74. The number of hydrogen-bond acceptors (Lipinski definition) is 2. The monoisotopic (exact) mass is 282 g/mol. The van der Waals surface area contributed by atoms with Crippen LogP contribution in [0.25, 0.3) is 0 Å². The van der Waals surface area contributed by atoms with E-state index in [9.17, 15) is 4.79 Å². The minimum absolute atomic E-state index is 0.295. The molecule has 0 saturated heterocycles. The van der Waals surface area contributed by atoms with Crippen molar-refractivity contribution in [3.8, 4) is 0 Å². The summed E-state index contributed by atoms with van der Waals surface area (Å²) in [4.78, 5) is 14.7. The van der Waals surface area contributed by atoms with Gasteiger partial charge in [-0.3, -0.25) is 4.79 Å². The summed E-state index contributed by atoms with van der Waals surface area (Å²) >= 11 is 0. The molecule has 1 aliphatic carbocycles. The van der Waals surface area contributed by atoms with Crippen LogP contribution in [0.1, 0.15) is 72.6 Å². The first-order valence-corrected chi connectivity index (χ1v) is 8.33. The molecule has 0 heterocycles. The van der Waals surface area contributed by atoms with Gasteiger partial charge >= 0.3 is 0 Å². The van der Waals surface area contributed by atoms with Crippen molar-refractivity contribution in [2.75, 3.05) is 13.1 Å². The minimum atomic E-state index is 0.295. The molecular formula is C17H34N2O. The molecule has 1 saturated carbocycles. The first kappa shape index (κ1) is 17.5. The van der Waals surface area contributed by atoms with E-state index in [1.807, 2.05) is 0 Å². The molecule has 1 atom stereocenters. The van der Waals surface area contributed by atoms with Gasteiger partial charge < -0.3 is 10.6 Å². The van der Waals surface area contributed by atoms with Gasteiger partial charge in [0.2, 0.25) is 5.91 Å². The van der Waals surface area contributed by atoms with E-state index >= 15 is 0 Å². The summed E-state index contributed by atoms with van der Waals surface area (Å²) in [5.41, 5.74) is 6.01. The Balaban J connectivity index is 2.54. The third kappa shape index (κ3) is 6.25. The maximum Gasteiger partial charge on any atom is 0.223 e. The first-order chi connectivity index (χ1) is 9.33. The highest BCUT2D eigenvalue weighted by molar-refractivity contribution is 5.76. The molecule has 0 aliphatic heterocycles. The zero-order valence-electron chi connectivity index (χ0n) is 14.0. The Labute approximate surface area is 125 Å². The maximum atomic E-state index is 12.6. The number of amides is 1. The summed E-state index contributed by atoms with van der Waals surface area (Å²) in [7, 11) is 0. The van der Waals surface area contributed by atoms with Crippen molar-refractivity contribution >= 4 is 5.91 Å². The van der Waals surface area contributed by atoms with Crippen molar-refractivity contribution in [3.05, 3.63) is 0 Å². The standard InChI is InChI=1S/C17H34N2O/c1-14(13-17(2,3)4)12-16(20)19(11-10-18)15-8-6-5-7-9-15/h14-15H,5-13,18H2,1-4H3. The maximum absolute atomic E-state index is 12.6. The fourth-order valence-electron chi connectivity index (χ4n) is 3.58. The van der Waals surface area contributed by atoms with E-state index in [1.165, 1.54) is 32.1 Å². The van der Waals surface area contributed by atoms with E-state index in [0.29, 0.717) is 36.2 Å². The normalized spacial score (nSPS) is 18.9. The lowest BCUT2D eigenvalue weighted by Gasteiger charge is -2.35. The zero-order chi connectivity index (χ0) is 15.2. The smallest absolute Gasteiger partial charge is 0.223 e. The largest absolute Gasteiger partial charge is 0.338 e. The fraction of sp³-hybridized carbons (Fsp3) is 0.941. The van der Waals surface area contributed by atoms with Crippen molar-refractivity contribution in [3.63, 3.8) is 0 Å². The summed E-state index contributed by atoms with van der Waals surface area (Å²) in [6.07, 6.45) is 7.95. The SMILES string of the molecule is CC(CC(=O)N(CCN)C1CCCCC1)CC(C)(C)C. The Kier molecular flexibility index (Phi) is 7.01. The van der Waals surface area contributed by atoms with Gasteiger partial charge in [0.1, 0.15) is 0 Å². The van der Waals surface area contributed by atoms with E-state index in [-0.39, 0.29) is 0 Å². The molecule has 0 aromatic rings. The van der Waals surface area contributed by atoms with Crippen LogP contribution in [-0.4, -0.2) is 29.9 Å².